The van der Waals surface area contributed by atoms with E-state index in [1.807, 2.05) is 31.2 Å². The maximum atomic E-state index is 12.4. The molecule has 1 heterocycles. The van der Waals surface area contributed by atoms with Crippen LogP contribution in [0.3, 0.4) is 0 Å². The second kappa shape index (κ2) is 10.9. The van der Waals surface area contributed by atoms with E-state index in [1.54, 1.807) is 0 Å². The number of carbonyl (C=O) groups is 3. The number of fused-ring (bicyclic) bond motifs is 3. The predicted molar refractivity (Wildman–Crippen MR) is 130 cm³/mol. The smallest absolute Gasteiger partial charge is 0.407 e. The maximum Gasteiger partial charge on any atom is 0.407 e. The standard InChI is InChI=1S/C27H32N2O6/c1-18(11-12-24(30)28-16-27(25(31)32)13-6-14-34-17-27)29-26(33)35-15-23-21-9-4-2-7-19(21)20-8-3-5-10-22(20)23/h2-5,7-10,18,23H,6,11-17H2,1H3,(H,28,30)(H,29,33)(H,31,32). The van der Waals surface area contributed by atoms with Crippen LogP contribution in [0.2, 0.25) is 0 Å². The van der Waals surface area contributed by atoms with E-state index in [-0.39, 0.29) is 44.0 Å². The lowest BCUT2D eigenvalue weighted by atomic mass is 9.82. The SMILES string of the molecule is CC(CCC(=O)NCC1(C(=O)O)CCCOC1)NC(=O)OCC1c2ccccc2-c2ccccc21. The number of hydrogen-bond acceptors (Lipinski definition) is 5. The molecule has 186 valence electrons. The Kier molecular flexibility index (Phi) is 7.70. The third-order valence-electron chi connectivity index (χ3n) is 6.91. The molecule has 0 bridgehead atoms. The zero-order valence-electron chi connectivity index (χ0n) is 19.9. The fraction of sp³-hybridized carbons (Fsp3) is 0.444. The van der Waals surface area contributed by atoms with Crippen molar-refractivity contribution in [2.75, 3.05) is 26.4 Å². The van der Waals surface area contributed by atoms with Crippen molar-refractivity contribution in [2.24, 2.45) is 5.41 Å². The zero-order valence-corrected chi connectivity index (χ0v) is 19.9. The van der Waals surface area contributed by atoms with Crippen LogP contribution in [0.4, 0.5) is 4.79 Å². The number of carbonyl (C=O) groups excluding carboxylic acids is 2. The Labute approximate surface area is 205 Å². The minimum absolute atomic E-state index is 0.0143. The Morgan fingerprint density at radius 1 is 1.11 bits per heavy atom. The molecule has 2 unspecified atom stereocenters. The van der Waals surface area contributed by atoms with E-state index in [0.717, 1.165) is 11.1 Å². The molecule has 2 aliphatic rings. The van der Waals surface area contributed by atoms with Gasteiger partial charge in [0.15, 0.2) is 0 Å². The number of benzene rings is 2. The molecule has 0 saturated carbocycles. The zero-order chi connectivity index (χ0) is 24.8. The number of carboxylic acid groups (broad SMARTS) is 1. The van der Waals surface area contributed by atoms with Crippen molar-refractivity contribution in [1.82, 2.24) is 10.6 Å². The summed E-state index contributed by atoms with van der Waals surface area (Å²) in [6.07, 6.45) is 1.18. The van der Waals surface area contributed by atoms with E-state index >= 15 is 0 Å². The van der Waals surface area contributed by atoms with Gasteiger partial charge in [-0.15, -0.1) is 0 Å². The highest BCUT2D eigenvalue weighted by molar-refractivity contribution is 5.80. The molecule has 1 saturated heterocycles. The first-order chi connectivity index (χ1) is 16.9. The first-order valence-electron chi connectivity index (χ1n) is 12.1. The van der Waals surface area contributed by atoms with Crippen molar-refractivity contribution in [3.05, 3.63) is 59.7 Å². The molecule has 8 nitrogen and oxygen atoms in total. The van der Waals surface area contributed by atoms with E-state index in [9.17, 15) is 19.5 Å². The summed E-state index contributed by atoms with van der Waals surface area (Å²) >= 11 is 0. The second-order valence-electron chi connectivity index (χ2n) is 9.43. The lowest BCUT2D eigenvalue weighted by Crippen LogP contribution is -2.48. The molecular formula is C27H32N2O6. The summed E-state index contributed by atoms with van der Waals surface area (Å²) in [6, 6.07) is 16.0. The van der Waals surface area contributed by atoms with Crippen LogP contribution >= 0.6 is 0 Å². The van der Waals surface area contributed by atoms with Gasteiger partial charge in [-0.25, -0.2) is 4.79 Å². The van der Waals surface area contributed by atoms with Gasteiger partial charge in [0.05, 0.1) is 6.61 Å². The van der Waals surface area contributed by atoms with Gasteiger partial charge in [0.2, 0.25) is 5.91 Å². The largest absolute Gasteiger partial charge is 0.481 e. The van der Waals surface area contributed by atoms with E-state index in [0.29, 0.717) is 25.9 Å². The fourth-order valence-corrected chi connectivity index (χ4v) is 4.85. The van der Waals surface area contributed by atoms with Crippen LogP contribution in [0.5, 0.6) is 0 Å². The molecule has 0 spiro atoms. The van der Waals surface area contributed by atoms with Gasteiger partial charge >= 0.3 is 12.1 Å². The Bertz CT molecular complexity index is 1030. The molecule has 8 heteroatoms. The first kappa shape index (κ1) is 24.7. The Balaban J connectivity index is 1.22. The first-order valence-corrected chi connectivity index (χ1v) is 12.1. The monoisotopic (exact) mass is 480 g/mol. The highest BCUT2D eigenvalue weighted by Crippen LogP contribution is 2.44. The molecule has 35 heavy (non-hydrogen) atoms. The molecule has 1 aliphatic carbocycles. The lowest BCUT2D eigenvalue weighted by Gasteiger charge is -2.33. The summed E-state index contributed by atoms with van der Waals surface area (Å²) in [6.45, 7) is 2.72. The molecule has 1 fully saturated rings. The van der Waals surface area contributed by atoms with Gasteiger partial charge in [-0.3, -0.25) is 9.59 Å². The summed E-state index contributed by atoms with van der Waals surface area (Å²) in [7, 11) is 0. The molecule has 2 aromatic carbocycles. The average molecular weight is 481 g/mol. The normalized spacial score (nSPS) is 19.8. The minimum atomic E-state index is -1.07. The van der Waals surface area contributed by atoms with Gasteiger partial charge in [0.1, 0.15) is 12.0 Å². The number of hydrogen-bond donors (Lipinski definition) is 3. The van der Waals surface area contributed by atoms with Crippen LogP contribution in [0.1, 0.15) is 49.7 Å². The topological polar surface area (TPSA) is 114 Å². The summed E-state index contributed by atoms with van der Waals surface area (Å²) in [5.74, 6) is -1.22. The van der Waals surface area contributed by atoms with Crippen LogP contribution in [-0.4, -0.2) is 55.5 Å². The predicted octanol–water partition coefficient (Wildman–Crippen LogP) is 3.69. The van der Waals surface area contributed by atoms with Crippen molar-refractivity contribution in [2.45, 2.75) is 44.6 Å². The summed E-state index contributed by atoms with van der Waals surface area (Å²) in [5.41, 5.74) is 3.56. The molecule has 0 aromatic heterocycles. The van der Waals surface area contributed by atoms with Crippen LogP contribution in [0, 0.1) is 5.41 Å². The maximum absolute atomic E-state index is 12.4. The number of alkyl carbamates (subject to hydrolysis) is 1. The van der Waals surface area contributed by atoms with Crippen molar-refractivity contribution >= 4 is 18.0 Å². The van der Waals surface area contributed by atoms with Crippen molar-refractivity contribution in [1.29, 1.82) is 0 Å². The summed E-state index contributed by atoms with van der Waals surface area (Å²) in [5, 5.41) is 15.1. The van der Waals surface area contributed by atoms with Crippen LogP contribution in [-0.2, 0) is 19.1 Å². The molecular weight excluding hydrogens is 448 g/mol. The molecule has 2 atom stereocenters. The van der Waals surface area contributed by atoms with Crippen molar-refractivity contribution in [3.8, 4) is 11.1 Å². The van der Waals surface area contributed by atoms with Gasteiger partial charge < -0.3 is 25.2 Å². The minimum Gasteiger partial charge on any atom is -0.481 e. The van der Waals surface area contributed by atoms with Gasteiger partial charge in [0.25, 0.3) is 0 Å². The fourth-order valence-electron chi connectivity index (χ4n) is 4.85. The van der Waals surface area contributed by atoms with Gasteiger partial charge in [-0.05, 0) is 48.4 Å². The molecule has 2 amide bonds. The number of ether oxygens (including phenoxy) is 2. The number of nitrogens with one attached hydrogen (secondary N) is 2. The molecule has 1 aliphatic heterocycles. The number of carboxylic acids is 1. The highest BCUT2D eigenvalue weighted by atomic mass is 16.5. The van der Waals surface area contributed by atoms with Crippen molar-refractivity contribution in [3.63, 3.8) is 0 Å². The van der Waals surface area contributed by atoms with E-state index in [2.05, 4.69) is 34.9 Å². The Morgan fingerprint density at radius 3 is 2.37 bits per heavy atom. The van der Waals surface area contributed by atoms with Crippen molar-refractivity contribution < 1.29 is 29.0 Å². The third kappa shape index (κ3) is 5.65. The summed E-state index contributed by atoms with van der Waals surface area (Å²) < 4.78 is 10.9. The molecule has 4 rings (SSSR count). The average Bonchev–Trinajstić information content (AvgIpc) is 3.19. The Hall–Kier alpha value is -3.39. The van der Waals surface area contributed by atoms with Gasteiger partial charge in [-0.2, -0.15) is 0 Å². The molecule has 3 N–H and O–H groups in total. The quantitative estimate of drug-likeness (QED) is 0.504. The summed E-state index contributed by atoms with van der Waals surface area (Å²) in [4.78, 5) is 36.4. The van der Waals surface area contributed by atoms with E-state index in [4.69, 9.17) is 9.47 Å². The number of amides is 2. The van der Waals surface area contributed by atoms with Crippen LogP contribution in [0.15, 0.2) is 48.5 Å². The molecule has 2 aromatic rings. The number of rotatable bonds is 9. The second-order valence-corrected chi connectivity index (χ2v) is 9.43. The highest BCUT2D eigenvalue weighted by Gasteiger charge is 2.41. The number of aliphatic carboxylic acids is 1. The molecule has 0 radical (unpaired) electrons. The van der Waals surface area contributed by atoms with Crippen LogP contribution in [0.25, 0.3) is 11.1 Å². The Morgan fingerprint density at radius 2 is 1.77 bits per heavy atom. The van der Waals surface area contributed by atoms with Crippen LogP contribution < -0.4 is 10.6 Å². The third-order valence-corrected chi connectivity index (χ3v) is 6.91. The van der Waals surface area contributed by atoms with Gasteiger partial charge in [-0.1, -0.05) is 48.5 Å². The van der Waals surface area contributed by atoms with E-state index < -0.39 is 17.5 Å². The van der Waals surface area contributed by atoms with E-state index in [1.165, 1.54) is 11.1 Å². The van der Waals surface area contributed by atoms with Gasteiger partial charge in [0, 0.05) is 31.5 Å². The lowest BCUT2D eigenvalue weighted by molar-refractivity contribution is -0.157.